The minimum atomic E-state index is -0.869. The van der Waals surface area contributed by atoms with E-state index in [1.165, 1.54) is 0 Å². The lowest BCUT2D eigenvalue weighted by Crippen LogP contribution is -2.29. The smallest absolute Gasteiger partial charge is 0.269 e. The molecule has 1 heterocycles. The summed E-state index contributed by atoms with van der Waals surface area (Å²) in [6.07, 6.45) is 0. The first-order valence-electron chi connectivity index (χ1n) is 7.16. The maximum atomic E-state index is 12.4. The van der Waals surface area contributed by atoms with Crippen molar-refractivity contribution in [2.45, 2.75) is 6.04 Å². The predicted molar refractivity (Wildman–Crippen MR) is 91.8 cm³/mol. The Hall–Kier alpha value is -3.10. The number of pyridine rings is 1. The van der Waals surface area contributed by atoms with Crippen molar-refractivity contribution in [2.24, 2.45) is 0 Å². The summed E-state index contributed by atoms with van der Waals surface area (Å²) >= 11 is 5.92. The van der Waals surface area contributed by atoms with E-state index >= 15 is 0 Å². The third-order valence-corrected chi connectivity index (χ3v) is 3.82. The molecule has 0 aliphatic carbocycles. The summed E-state index contributed by atoms with van der Waals surface area (Å²) in [5.41, 5.74) is 0.317. The molecule has 1 atom stereocenters. The molecule has 24 heavy (non-hydrogen) atoms. The zero-order valence-corrected chi connectivity index (χ0v) is 13.2. The highest BCUT2D eigenvalue weighted by Gasteiger charge is 2.17. The summed E-state index contributed by atoms with van der Waals surface area (Å²) in [4.78, 5) is 27.0. The Morgan fingerprint density at radius 2 is 1.96 bits per heavy atom. The maximum Gasteiger partial charge on any atom is 0.269 e. The number of rotatable bonds is 3. The number of carbonyl (C=O) groups is 1. The van der Waals surface area contributed by atoms with Gasteiger partial charge in [0.15, 0.2) is 0 Å². The lowest BCUT2D eigenvalue weighted by Gasteiger charge is -2.12. The first kappa shape index (κ1) is 15.8. The first-order chi connectivity index (χ1) is 11.6. The molecule has 2 aromatic carbocycles. The van der Waals surface area contributed by atoms with Gasteiger partial charge in [0, 0.05) is 10.4 Å². The van der Waals surface area contributed by atoms with Gasteiger partial charge in [-0.25, -0.2) is 0 Å². The lowest BCUT2D eigenvalue weighted by atomic mass is 10.1. The van der Waals surface area contributed by atoms with Gasteiger partial charge in [0.2, 0.25) is 0 Å². The van der Waals surface area contributed by atoms with Gasteiger partial charge in [-0.1, -0.05) is 41.9 Å². The molecular formula is C18H12ClN3O2. The number of nitrogens with one attached hydrogen (secondary N) is 2. The Morgan fingerprint density at radius 1 is 1.17 bits per heavy atom. The summed E-state index contributed by atoms with van der Waals surface area (Å²) in [6.45, 7) is 0. The number of aromatic amines is 1. The van der Waals surface area contributed by atoms with Crippen LogP contribution in [0.25, 0.3) is 10.8 Å². The minimum absolute atomic E-state index is 0.0981. The van der Waals surface area contributed by atoms with Gasteiger partial charge < -0.3 is 10.3 Å². The van der Waals surface area contributed by atoms with Gasteiger partial charge in [0.25, 0.3) is 11.5 Å². The van der Waals surface area contributed by atoms with Crippen LogP contribution in [0.5, 0.6) is 0 Å². The molecule has 0 unspecified atom stereocenters. The quantitative estimate of drug-likeness (QED) is 0.769. The van der Waals surface area contributed by atoms with E-state index in [4.69, 9.17) is 11.6 Å². The molecule has 0 aliphatic rings. The van der Waals surface area contributed by atoms with Gasteiger partial charge in [-0.05, 0) is 35.2 Å². The van der Waals surface area contributed by atoms with Crippen LogP contribution in [-0.4, -0.2) is 10.9 Å². The summed E-state index contributed by atoms with van der Waals surface area (Å²) in [5.74, 6) is -0.538. The van der Waals surface area contributed by atoms with E-state index in [1.54, 1.807) is 54.6 Å². The van der Waals surface area contributed by atoms with Crippen LogP contribution in [0.4, 0.5) is 0 Å². The number of H-pyrrole nitrogens is 1. The minimum Gasteiger partial charge on any atom is -0.331 e. The molecule has 0 saturated heterocycles. The van der Waals surface area contributed by atoms with E-state index in [0.29, 0.717) is 21.4 Å². The molecule has 2 N–H and O–H groups in total. The van der Waals surface area contributed by atoms with Crippen molar-refractivity contribution in [3.63, 3.8) is 0 Å². The summed E-state index contributed by atoms with van der Waals surface area (Å²) < 4.78 is 0. The SMILES string of the molecule is N#C[C@H](NC(=O)c1cc2ccccc2c(=O)[nH]1)c1cccc(Cl)c1. The highest BCUT2D eigenvalue weighted by molar-refractivity contribution is 6.30. The summed E-state index contributed by atoms with van der Waals surface area (Å²) in [6, 6.07) is 16.4. The number of hydrogen-bond acceptors (Lipinski definition) is 3. The second-order valence-corrected chi connectivity index (χ2v) is 5.63. The van der Waals surface area contributed by atoms with Crippen molar-refractivity contribution in [3.05, 3.63) is 81.2 Å². The molecule has 0 bridgehead atoms. The average molecular weight is 338 g/mol. The van der Waals surface area contributed by atoms with Gasteiger partial charge in [0.1, 0.15) is 11.7 Å². The molecule has 5 nitrogen and oxygen atoms in total. The molecule has 6 heteroatoms. The average Bonchev–Trinajstić information content (AvgIpc) is 2.59. The largest absolute Gasteiger partial charge is 0.331 e. The van der Waals surface area contributed by atoms with Gasteiger partial charge >= 0.3 is 0 Å². The van der Waals surface area contributed by atoms with Crippen LogP contribution in [0, 0.1) is 11.3 Å². The van der Waals surface area contributed by atoms with Crippen LogP contribution in [0.15, 0.2) is 59.4 Å². The number of aromatic nitrogens is 1. The molecule has 3 rings (SSSR count). The van der Waals surface area contributed by atoms with Crippen molar-refractivity contribution in [2.75, 3.05) is 0 Å². The molecular weight excluding hydrogens is 326 g/mol. The lowest BCUT2D eigenvalue weighted by molar-refractivity contribution is 0.0940. The molecule has 0 saturated carbocycles. The molecule has 3 aromatic rings. The number of benzene rings is 2. The van der Waals surface area contributed by atoms with Crippen molar-refractivity contribution in [3.8, 4) is 6.07 Å². The van der Waals surface area contributed by atoms with Crippen LogP contribution in [-0.2, 0) is 0 Å². The highest BCUT2D eigenvalue weighted by atomic mass is 35.5. The van der Waals surface area contributed by atoms with Gasteiger partial charge in [0.05, 0.1) is 6.07 Å². The van der Waals surface area contributed by atoms with Crippen molar-refractivity contribution in [1.82, 2.24) is 10.3 Å². The molecule has 0 aliphatic heterocycles. The van der Waals surface area contributed by atoms with Gasteiger partial charge in [-0.15, -0.1) is 0 Å². The van der Waals surface area contributed by atoms with Crippen LogP contribution in [0.3, 0.4) is 0 Å². The second-order valence-electron chi connectivity index (χ2n) is 5.19. The van der Waals surface area contributed by atoms with Crippen LogP contribution in [0.2, 0.25) is 5.02 Å². The molecule has 0 radical (unpaired) electrons. The Morgan fingerprint density at radius 3 is 2.71 bits per heavy atom. The fraction of sp³-hybridized carbons (Fsp3) is 0.0556. The molecule has 1 amide bonds. The van der Waals surface area contributed by atoms with Crippen LogP contribution < -0.4 is 10.9 Å². The number of amides is 1. The van der Waals surface area contributed by atoms with E-state index in [1.807, 2.05) is 6.07 Å². The van der Waals surface area contributed by atoms with Crippen molar-refractivity contribution in [1.29, 1.82) is 5.26 Å². The number of fused-ring (bicyclic) bond motifs is 1. The predicted octanol–water partition coefficient (Wildman–Crippen LogP) is 3.18. The number of nitrogens with zero attached hydrogens (tertiary/aromatic N) is 1. The molecule has 118 valence electrons. The number of halogens is 1. The third-order valence-electron chi connectivity index (χ3n) is 3.58. The number of carbonyl (C=O) groups excluding carboxylic acids is 1. The zero-order valence-electron chi connectivity index (χ0n) is 12.4. The van der Waals surface area contributed by atoms with Gasteiger partial charge in [-0.3, -0.25) is 9.59 Å². The zero-order chi connectivity index (χ0) is 17.1. The molecule has 1 aromatic heterocycles. The number of hydrogen-bond donors (Lipinski definition) is 2. The second kappa shape index (κ2) is 6.57. The monoisotopic (exact) mass is 337 g/mol. The van der Waals surface area contributed by atoms with Crippen LogP contribution >= 0.6 is 11.6 Å². The Labute approximate surface area is 142 Å². The maximum absolute atomic E-state index is 12.4. The standard InChI is InChI=1S/C18H12ClN3O2/c19-13-6-3-5-12(8-13)16(10-20)22-18(24)15-9-11-4-1-2-7-14(11)17(23)21-15/h1-9,16H,(H,21,23)(H,22,24)/t16-/m0/s1. The molecule has 0 fully saturated rings. The van der Waals surface area contributed by atoms with E-state index in [9.17, 15) is 14.9 Å². The normalized spacial score (nSPS) is 11.7. The van der Waals surface area contributed by atoms with Crippen molar-refractivity contribution < 1.29 is 4.79 Å². The highest BCUT2D eigenvalue weighted by Crippen LogP contribution is 2.18. The Balaban J connectivity index is 1.92. The molecule has 0 spiro atoms. The summed E-state index contributed by atoms with van der Waals surface area (Å²) in [5, 5.41) is 13.5. The van der Waals surface area contributed by atoms with Crippen molar-refractivity contribution >= 4 is 28.3 Å². The fourth-order valence-corrected chi connectivity index (χ4v) is 2.62. The fourth-order valence-electron chi connectivity index (χ4n) is 2.42. The van der Waals surface area contributed by atoms with E-state index in [0.717, 1.165) is 0 Å². The Kier molecular flexibility index (Phi) is 4.32. The first-order valence-corrected chi connectivity index (χ1v) is 7.54. The van der Waals surface area contributed by atoms with E-state index in [-0.39, 0.29) is 11.3 Å². The topological polar surface area (TPSA) is 85.8 Å². The Bertz CT molecular complexity index is 1020. The van der Waals surface area contributed by atoms with E-state index in [2.05, 4.69) is 10.3 Å². The van der Waals surface area contributed by atoms with Gasteiger partial charge in [-0.2, -0.15) is 5.26 Å². The summed E-state index contributed by atoms with van der Waals surface area (Å²) in [7, 11) is 0. The number of nitriles is 1. The van der Waals surface area contributed by atoms with E-state index < -0.39 is 11.9 Å². The van der Waals surface area contributed by atoms with Crippen LogP contribution in [0.1, 0.15) is 22.1 Å². The third kappa shape index (κ3) is 3.14.